The van der Waals surface area contributed by atoms with Crippen LogP contribution in [-0.4, -0.2) is 30.5 Å². The van der Waals surface area contributed by atoms with E-state index in [-0.39, 0.29) is 17.7 Å². The number of nitrogens with zero attached hydrogens (tertiary/aromatic N) is 5. The molecule has 0 saturated heterocycles. The molecule has 0 radical (unpaired) electrons. The van der Waals surface area contributed by atoms with Crippen molar-refractivity contribution < 1.29 is 9.18 Å². The second-order valence-electron chi connectivity index (χ2n) is 4.75. The smallest absolute Gasteiger partial charge is 0.261 e. The monoisotopic (exact) mass is 300 g/mol. The number of hydrogen-bond acceptors (Lipinski definition) is 4. The topological polar surface area (TPSA) is 77.6 Å². The summed E-state index contributed by atoms with van der Waals surface area (Å²) in [5.74, 6) is -0.407. The van der Waals surface area contributed by atoms with Gasteiger partial charge in [0.2, 0.25) is 5.95 Å². The quantitative estimate of drug-likeness (QED) is 0.791. The minimum Gasteiger partial charge on any atom is -0.289 e. The zero-order valence-corrected chi connectivity index (χ0v) is 11.8. The molecule has 1 amide bonds. The van der Waals surface area contributed by atoms with E-state index in [1.807, 2.05) is 0 Å². The first kappa shape index (κ1) is 13.9. The van der Waals surface area contributed by atoms with E-state index in [4.69, 9.17) is 0 Å². The lowest BCUT2D eigenvalue weighted by Crippen LogP contribution is -2.12. The highest BCUT2D eigenvalue weighted by atomic mass is 19.1. The first-order valence-corrected chi connectivity index (χ1v) is 6.54. The molecule has 8 heteroatoms. The molecule has 0 bridgehead atoms. The average molecular weight is 300 g/mol. The lowest BCUT2D eigenvalue weighted by molar-refractivity contribution is 0.102. The summed E-state index contributed by atoms with van der Waals surface area (Å²) in [7, 11) is 1.73. The van der Waals surface area contributed by atoms with Crippen LogP contribution in [0.4, 0.5) is 10.3 Å². The van der Waals surface area contributed by atoms with E-state index in [9.17, 15) is 9.18 Å². The van der Waals surface area contributed by atoms with Gasteiger partial charge in [-0.05, 0) is 17.7 Å². The van der Waals surface area contributed by atoms with Crippen molar-refractivity contribution in [3.63, 3.8) is 0 Å². The molecule has 3 rings (SSSR count). The van der Waals surface area contributed by atoms with Crippen LogP contribution in [0.1, 0.15) is 15.9 Å². The van der Waals surface area contributed by atoms with Gasteiger partial charge in [0.1, 0.15) is 12.1 Å². The maximum absolute atomic E-state index is 12.8. The van der Waals surface area contributed by atoms with Gasteiger partial charge in [-0.25, -0.2) is 14.1 Å². The van der Waals surface area contributed by atoms with Gasteiger partial charge in [0.05, 0.1) is 18.3 Å². The molecule has 1 aromatic carbocycles. The third-order valence-corrected chi connectivity index (χ3v) is 2.99. The molecule has 0 saturated carbocycles. The Labute approximate surface area is 125 Å². The number of carbonyl (C=O) groups excluding carboxylic acids is 1. The second-order valence-corrected chi connectivity index (χ2v) is 4.75. The molecule has 2 heterocycles. The van der Waals surface area contributed by atoms with Gasteiger partial charge in [-0.3, -0.25) is 14.8 Å². The highest BCUT2D eigenvalue weighted by Crippen LogP contribution is 2.07. The number of aryl methyl sites for hydroxylation is 1. The van der Waals surface area contributed by atoms with Crippen molar-refractivity contribution in [2.75, 3.05) is 5.32 Å². The molecule has 0 fully saturated rings. The van der Waals surface area contributed by atoms with Crippen LogP contribution in [0.15, 0.2) is 43.0 Å². The largest absolute Gasteiger partial charge is 0.289 e. The second kappa shape index (κ2) is 5.76. The number of hydrogen-bond donors (Lipinski definition) is 1. The Morgan fingerprint density at radius 2 is 2.09 bits per heavy atom. The Balaban J connectivity index is 1.66. The summed E-state index contributed by atoms with van der Waals surface area (Å²) in [4.78, 5) is 16.0. The first-order chi connectivity index (χ1) is 10.6. The molecule has 3 aromatic rings. The van der Waals surface area contributed by atoms with Crippen LogP contribution in [0.25, 0.3) is 0 Å². The summed E-state index contributed by atoms with van der Waals surface area (Å²) in [6.45, 7) is 0.441. The number of carbonyl (C=O) groups is 1. The summed E-state index contributed by atoms with van der Waals surface area (Å²) in [5, 5.41) is 10.7. The Kier molecular flexibility index (Phi) is 3.65. The van der Waals surface area contributed by atoms with Crippen LogP contribution in [-0.2, 0) is 13.6 Å². The fourth-order valence-corrected chi connectivity index (χ4v) is 1.92. The van der Waals surface area contributed by atoms with Crippen molar-refractivity contribution in [3.8, 4) is 0 Å². The summed E-state index contributed by atoms with van der Waals surface area (Å²) in [6, 6.07) is 6.12. The molecule has 112 valence electrons. The average Bonchev–Trinajstić information content (AvgIpc) is 3.11. The van der Waals surface area contributed by atoms with Crippen LogP contribution in [0.3, 0.4) is 0 Å². The number of benzene rings is 1. The maximum atomic E-state index is 12.8. The van der Waals surface area contributed by atoms with E-state index >= 15 is 0 Å². The molecule has 0 aliphatic heterocycles. The highest BCUT2D eigenvalue weighted by molar-refractivity contribution is 6.02. The molecule has 2 aromatic heterocycles. The van der Waals surface area contributed by atoms with Gasteiger partial charge in [-0.1, -0.05) is 12.1 Å². The number of halogens is 1. The molecular weight excluding hydrogens is 287 g/mol. The normalized spacial score (nSPS) is 10.6. The number of anilines is 1. The lowest BCUT2D eigenvalue weighted by Gasteiger charge is -2.01. The number of aromatic nitrogens is 5. The van der Waals surface area contributed by atoms with Crippen LogP contribution < -0.4 is 5.32 Å². The Hall–Kier alpha value is -3.03. The molecule has 0 atom stereocenters. The van der Waals surface area contributed by atoms with Gasteiger partial charge in [-0.15, -0.1) is 5.10 Å². The van der Waals surface area contributed by atoms with E-state index in [1.165, 1.54) is 29.3 Å². The van der Waals surface area contributed by atoms with Gasteiger partial charge < -0.3 is 0 Å². The van der Waals surface area contributed by atoms with Gasteiger partial charge in [0.25, 0.3) is 5.91 Å². The maximum Gasteiger partial charge on any atom is 0.261 e. The van der Waals surface area contributed by atoms with Crippen LogP contribution in [0.5, 0.6) is 0 Å². The van der Waals surface area contributed by atoms with E-state index in [0.29, 0.717) is 12.1 Å². The van der Waals surface area contributed by atoms with Crippen molar-refractivity contribution in [2.24, 2.45) is 7.05 Å². The summed E-state index contributed by atoms with van der Waals surface area (Å²) in [6.07, 6.45) is 4.57. The Morgan fingerprint density at radius 3 is 2.77 bits per heavy atom. The van der Waals surface area contributed by atoms with Gasteiger partial charge in [0.15, 0.2) is 0 Å². The van der Waals surface area contributed by atoms with Crippen LogP contribution in [0.2, 0.25) is 0 Å². The molecule has 22 heavy (non-hydrogen) atoms. The number of amides is 1. The molecular formula is C14H13FN6O. The van der Waals surface area contributed by atoms with Crippen molar-refractivity contribution in [1.29, 1.82) is 0 Å². The summed E-state index contributed by atoms with van der Waals surface area (Å²) >= 11 is 0. The molecule has 0 spiro atoms. The fraction of sp³-hybridized carbons (Fsp3) is 0.143. The predicted octanol–water partition coefficient (Wildman–Crippen LogP) is 1.45. The number of rotatable bonds is 4. The van der Waals surface area contributed by atoms with E-state index in [1.54, 1.807) is 30.1 Å². The van der Waals surface area contributed by atoms with Crippen molar-refractivity contribution >= 4 is 11.9 Å². The molecule has 1 N–H and O–H groups in total. The minimum absolute atomic E-state index is 0.205. The van der Waals surface area contributed by atoms with E-state index < -0.39 is 0 Å². The Bertz CT molecular complexity index is 792. The van der Waals surface area contributed by atoms with Crippen molar-refractivity contribution in [2.45, 2.75) is 6.54 Å². The molecule has 7 nitrogen and oxygen atoms in total. The number of nitrogens with one attached hydrogen (secondary N) is 1. The van der Waals surface area contributed by atoms with Gasteiger partial charge >= 0.3 is 0 Å². The Morgan fingerprint density at radius 1 is 1.32 bits per heavy atom. The molecule has 0 unspecified atom stereocenters. The van der Waals surface area contributed by atoms with E-state index in [0.717, 1.165) is 5.56 Å². The first-order valence-electron chi connectivity index (χ1n) is 6.54. The zero-order chi connectivity index (χ0) is 15.5. The SMILES string of the molecule is Cn1cc(C(=O)Nc2ncn(Cc3ccc(F)cc3)n2)cn1. The summed E-state index contributed by atoms with van der Waals surface area (Å²) in [5.41, 5.74) is 1.31. The lowest BCUT2D eigenvalue weighted by atomic mass is 10.2. The molecule has 0 aliphatic carbocycles. The van der Waals surface area contributed by atoms with E-state index in [2.05, 4.69) is 20.5 Å². The third-order valence-electron chi connectivity index (χ3n) is 2.99. The predicted molar refractivity (Wildman–Crippen MR) is 76.7 cm³/mol. The standard InChI is InChI=1S/C14H13FN6O/c1-20-8-11(6-17-20)13(22)18-14-16-9-21(19-14)7-10-2-4-12(15)5-3-10/h2-6,8-9H,7H2,1H3,(H,18,19,22). The zero-order valence-electron chi connectivity index (χ0n) is 11.8. The van der Waals surface area contributed by atoms with Crippen molar-refractivity contribution in [3.05, 3.63) is 59.9 Å². The molecule has 0 aliphatic rings. The fourth-order valence-electron chi connectivity index (χ4n) is 1.92. The third kappa shape index (κ3) is 3.17. The van der Waals surface area contributed by atoms with Gasteiger partial charge in [-0.2, -0.15) is 5.10 Å². The minimum atomic E-state index is -0.326. The van der Waals surface area contributed by atoms with Crippen molar-refractivity contribution in [1.82, 2.24) is 24.5 Å². The van der Waals surface area contributed by atoms with Crippen LogP contribution >= 0.6 is 0 Å². The van der Waals surface area contributed by atoms with Crippen LogP contribution in [0, 0.1) is 5.82 Å². The highest BCUT2D eigenvalue weighted by Gasteiger charge is 2.10. The summed E-state index contributed by atoms with van der Waals surface area (Å²) < 4.78 is 15.9. The van der Waals surface area contributed by atoms with Gasteiger partial charge in [0, 0.05) is 13.2 Å².